The number of hydrogen-bond donors (Lipinski definition) is 0. The Hall–Kier alpha value is -7.86. The smallest absolute Gasteiger partial charge is 0.314 e. The van der Waals surface area contributed by atoms with Crippen LogP contribution in [0.3, 0.4) is 0 Å². The molecule has 9 rings (SSSR count). The van der Waals surface area contributed by atoms with Crippen LogP contribution in [0.25, 0.3) is 0 Å². The first-order chi connectivity index (χ1) is 39.4. The first kappa shape index (κ1) is 61.8. The Morgan fingerprint density at radius 1 is 0.317 bits per heavy atom. The molecule has 6 aromatic carbocycles. The van der Waals surface area contributed by atoms with Gasteiger partial charge in [-0.3, -0.25) is 28.8 Å². The Balaban J connectivity index is 0.000000269. The van der Waals surface area contributed by atoms with E-state index in [1.165, 1.54) is 11.1 Å². The lowest BCUT2D eigenvalue weighted by molar-refractivity contribution is -0.145. The summed E-state index contributed by atoms with van der Waals surface area (Å²) in [7, 11) is 0. The fourth-order valence-corrected chi connectivity index (χ4v) is 10.4. The molecule has 6 aromatic rings. The number of carbonyl (C=O) groups excluding carboxylic acids is 6. The fourth-order valence-electron chi connectivity index (χ4n) is 10.4. The Morgan fingerprint density at radius 2 is 0.573 bits per heavy atom. The minimum absolute atomic E-state index is 0. The van der Waals surface area contributed by atoms with Crippen molar-refractivity contribution in [3.63, 3.8) is 0 Å². The lowest BCUT2D eigenvalue weighted by Gasteiger charge is -2.26. The van der Waals surface area contributed by atoms with Gasteiger partial charge in [-0.25, -0.2) is 0 Å². The summed E-state index contributed by atoms with van der Waals surface area (Å²) in [6.07, 6.45) is 7.80. The van der Waals surface area contributed by atoms with Gasteiger partial charge < -0.3 is 28.4 Å². The van der Waals surface area contributed by atoms with E-state index in [0.29, 0.717) is 123 Å². The molecule has 12 heteroatoms. The Labute approximate surface area is 488 Å². The van der Waals surface area contributed by atoms with Gasteiger partial charge in [0.25, 0.3) is 0 Å². The van der Waals surface area contributed by atoms with Gasteiger partial charge in [-0.2, -0.15) is 0 Å². The van der Waals surface area contributed by atoms with Crippen LogP contribution < -0.4 is 28.4 Å². The lowest BCUT2D eigenvalue weighted by atomic mass is 9.82. The first-order valence-electron chi connectivity index (χ1n) is 29.1. The monoisotopic (exact) mass is 1120 g/mol. The van der Waals surface area contributed by atoms with Crippen LogP contribution >= 0.6 is 0 Å². The fraction of sp³-hybridized carbons (Fsp3) is 0.400. The van der Waals surface area contributed by atoms with Gasteiger partial charge in [0, 0.05) is 4.28 Å². The van der Waals surface area contributed by atoms with Crippen molar-refractivity contribution in [3.8, 4) is 34.5 Å². The Kier molecular flexibility index (Phi) is 22.8. The van der Waals surface area contributed by atoms with Crippen LogP contribution in [0.2, 0.25) is 0 Å². The number of benzene rings is 6. The average molecular weight is 1120 g/mol. The highest BCUT2D eigenvalue weighted by atomic mass is 16.6. The number of carbonyl (C=O) groups is 6. The van der Waals surface area contributed by atoms with Crippen molar-refractivity contribution in [2.75, 3.05) is 0 Å². The molecule has 82 heavy (non-hydrogen) atoms. The van der Waals surface area contributed by atoms with E-state index in [4.69, 9.17) is 28.4 Å². The van der Waals surface area contributed by atoms with Crippen molar-refractivity contribution >= 4 is 35.8 Å². The van der Waals surface area contributed by atoms with Gasteiger partial charge in [-0.05, 0) is 217 Å². The van der Waals surface area contributed by atoms with E-state index >= 15 is 0 Å². The number of rotatable bonds is 14. The van der Waals surface area contributed by atoms with Crippen molar-refractivity contribution in [1.82, 2.24) is 0 Å². The Bertz CT molecular complexity index is 2960. The predicted octanol–water partition coefficient (Wildman–Crippen LogP) is 16.2. The summed E-state index contributed by atoms with van der Waals surface area (Å²) in [6.45, 7) is 16.3. The molecule has 0 N–H and O–H groups in total. The summed E-state index contributed by atoms with van der Waals surface area (Å²) >= 11 is 0. The second kappa shape index (κ2) is 30.3. The van der Waals surface area contributed by atoms with Gasteiger partial charge in [-0.1, -0.05) is 107 Å². The minimum Gasteiger partial charge on any atom is -0.426 e. The average Bonchev–Trinajstić information content (AvgIpc) is 3.68. The molecule has 12 nitrogen and oxygen atoms in total. The van der Waals surface area contributed by atoms with Crippen molar-refractivity contribution in [2.24, 2.45) is 35.5 Å². The zero-order valence-corrected chi connectivity index (χ0v) is 48.9. The lowest BCUT2D eigenvalue weighted by Crippen LogP contribution is -2.30. The maximum absolute atomic E-state index is 12.5. The summed E-state index contributed by atoms with van der Waals surface area (Å²) in [5.74, 6) is 2.21. The Morgan fingerprint density at radius 3 is 0.829 bits per heavy atom. The van der Waals surface area contributed by atoms with Crippen LogP contribution in [0.5, 0.6) is 34.5 Å². The third-order valence-electron chi connectivity index (χ3n) is 15.6. The maximum atomic E-state index is 12.5. The molecule has 0 unspecified atom stereocenters. The van der Waals surface area contributed by atoms with Crippen molar-refractivity contribution in [2.45, 2.75) is 144 Å². The highest BCUT2D eigenvalue weighted by molar-refractivity contribution is 5.80. The van der Waals surface area contributed by atoms with E-state index in [1.54, 1.807) is 24.3 Å². The molecule has 0 heterocycles. The van der Waals surface area contributed by atoms with Crippen LogP contribution in [-0.2, 0) is 28.8 Å². The summed E-state index contributed by atoms with van der Waals surface area (Å²) in [6, 6.07) is 45.3. The standard InChI is InChI=1S/C26H32O4.2C22H24O4.3H2/c1-17(2)19-9-13-23(14-10-19)29-25(27)21-5-7-22(8-6-21)26(28)30-24-15-11-20(12-16-24)18(3)4;1-15-5-3-7-19(13-15)25-21(23)17-9-11-18(12-10-17)22(24)26-20-8-4-6-16(2)14-20;1-15-6-5-8-19(14-15)25-21(23)17-10-12-18(13-11-17)22(24)26-20-9-4-3-7-16(20)2;;;/h9-18,21-22H,5-8H2,1-4H3;3-8,13-14,17-18H,9-12H2,1-2H3;3-9,14,17-18H,10-13H2,1-2H3;3*1H. The third kappa shape index (κ3) is 18.9. The quantitative estimate of drug-likeness (QED) is 0.0752. The molecule has 3 aliphatic carbocycles. The molecule has 0 spiro atoms. The largest absolute Gasteiger partial charge is 0.426 e. The van der Waals surface area contributed by atoms with Crippen LogP contribution in [0, 0.1) is 63.2 Å². The van der Waals surface area contributed by atoms with Crippen LogP contribution in [0.1, 0.15) is 154 Å². The van der Waals surface area contributed by atoms with Crippen LogP contribution in [-0.4, -0.2) is 35.8 Å². The van der Waals surface area contributed by atoms with Gasteiger partial charge in [0.2, 0.25) is 0 Å². The van der Waals surface area contributed by atoms with Crippen molar-refractivity contribution in [1.29, 1.82) is 0 Å². The second-order valence-corrected chi connectivity index (χ2v) is 22.8. The van der Waals surface area contributed by atoms with E-state index in [-0.39, 0.29) is 75.6 Å². The second-order valence-electron chi connectivity index (χ2n) is 22.8. The van der Waals surface area contributed by atoms with Gasteiger partial charge in [0.05, 0.1) is 35.5 Å². The predicted molar refractivity (Wildman–Crippen MR) is 322 cm³/mol. The van der Waals surface area contributed by atoms with E-state index in [0.717, 1.165) is 22.3 Å². The zero-order valence-electron chi connectivity index (χ0n) is 48.9. The summed E-state index contributed by atoms with van der Waals surface area (Å²) in [4.78, 5) is 74.4. The molecule has 3 fully saturated rings. The molecule has 0 atom stereocenters. The van der Waals surface area contributed by atoms with Gasteiger partial charge in [0.1, 0.15) is 34.5 Å². The van der Waals surface area contributed by atoms with E-state index in [9.17, 15) is 28.8 Å². The molecule has 0 aliphatic heterocycles. The van der Waals surface area contributed by atoms with Crippen LogP contribution in [0.4, 0.5) is 0 Å². The molecule has 3 saturated carbocycles. The van der Waals surface area contributed by atoms with Gasteiger partial charge in [-0.15, -0.1) is 0 Å². The SMILES string of the molecule is CC(C)c1ccc(OC(=O)C2CCC(C(=O)Oc3ccc(C(C)C)cc3)CC2)cc1.Cc1cccc(OC(=O)C2CCC(C(=O)Oc3cccc(C)c3)CC2)c1.Cc1cccc(OC(=O)C2CCC(C(=O)Oc3ccccc3C)CC2)c1.[HH].[HH].[HH]. The van der Waals surface area contributed by atoms with Gasteiger partial charge >= 0.3 is 35.8 Å². The van der Waals surface area contributed by atoms with Crippen LogP contribution in [0.15, 0.2) is 146 Å². The molecular formula is C70H86O12. The highest BCUT2D eigenvalue weighted by Crippen LogP contribution is 2.35. The molecule has 0 radical (unpaired) electrons. The van der Waals surface area contributed by atoms with E-state index in [1.807, 2.05) is 149 Å². The topological polar surface area (TPSA) is 158 Å². The molecule has 0 saturated heterocycles. The number of para-hydroxylation sites is 1. The highest BCUT2D eigenvalue weighted by Gasteiger charge is 2.35. The maximum Gasteiger partial charge on any atom is 0.314 e. The molecule has 438 valence electrons. The zero-order chi connectivity index (χ0) is 58.7. The number of aryl methyl sites for hydroxylation is 4. The molecular weight excluding hydrogens is 1030 g/mol. The number of hydrogen-bond acceptors (Lipinski definition) is 12. The van der Waals surface area contributed by atoms with E-state index in [2.05, 4.69) is 27.7 Å². The molecule has 0 bridgehead atoms. The summed E-state index contributed by atoms with van der Waals surface area (Å²) in [5.41, 5.74) is 6.53. The van der Waals surface area contributed by atoms with Crippen molar-refractivity contribution < 1.29 is 61.5 Å². The summed E-state index contributed by atoms with van der Waals surface area (Å²) < 4.78 is 33.1. The third-order valence-corrected chi connectivity index (χ3v) is 15.6. The molecule has 0 aromatic heterocycles. The normalized spacial score (nSPS) is 19.4. The summed E-state index contributed by atoms with van der Waals surface area (Å²) in [5, 5.41) is 0. The molecule has 0 amide bonds. The van der Waals surface area contributed by atoms with Gasteiger partial charge in [0.15, 0.2) is 0 Å². The minimum atomic E-state index is -0.207. The number of esters is 6. The first-order valence-corrected chi connectivity index (χ1v) is 29.1. The van der Waals surface area contributed by atoms with Crippen molar-refractivity contribution in [3.05, 3.63) is 179 Å². The number of ether oxygens (including phenoxy) is 6. The molecule has 3 aliphatic rings. The van der Waals surface area contributed by atoms with E-state index < -0.39 is 0 Å².